The highest BCUT2D eigenvalue weighted by Crippen LogP contribution is 2.24. The van der Waals surface area contributed by atoms with Crippen LogP contribution in [0.5, 0.6) is 0 Å². The van der Waals surface area contributed by atoms with Crippen molar-refractivity contribution in [3.8, 4) is 17.5 Å². The van der Waals surface area contributed by atoms with Crippen molar-refractivity contribution in [3.63, 3.8) is 0 Å². The fourth-order valence-electron chi connectivity index (χ4n) is 2.66. The number of amides is 1. The molecule has 0 unspecified atom stereocenters. The van der Waals surface area contributed by atoms with Crippen molar-refractivity contribution >= 4 is 17.4 Å². The van der Waals surface area contributed by atoms with Crippen LogP contribution in [0.25, 0.3) is 11.4 Å². The van der Waals surface area contributed by atoms with Gasteiger partial charge < -0.3 is 10.6 Å². The molecule has 0 aliphatic heterocycles. The molecule has 3 aromatic rings. The fourth-order valence-corrected chi connectivity index (χ4v) is 2.66. The SMILES string of the molecule is N#Cc1ccccc1Nc1cc(C(=O)NC2CC2)nc(-c2ccccc2)n1. The molecule has 6 nitrogen and oxygen atoms in total. The first-order chi connectivity index (χ1) is 13.2. The van der Waals surface area contributed by atoms with Crippen LogP contribution in [0.15, 0.2) is 60.7 Å². The molecule has 1 heterocycles. The number of para-hydroxylation sites is 1. The summed E-state index contributed by atoms with van der Waals surface area (Å²) in [6, 6.07) is 20.6. The zero-order chi connectivity index (χ0) is 18.6. The maximum absolute atomic E-state index is 12.5. The second-order valence-corrected chi connectivity index (χ2v) is 6.36. The van der Waals surface area contributed by atoms with Crippen LogP contribution >= 0.6 is 0 Å². The second-order valence-electron chi connectivity index (χ2n) is 6.36. The molecule has 6 heteroatoms. The molecule has 4 rings (SSSR count). The first-order valence-corrected chi connectivity index (χ1v) is 8.74. The van der Waals surface area contributed by atoms with Gasteiger partial charge in [-0.05, 0) is 25.0 Å². The standard InChI is InChI=1S/C21H17N5O/c22-13-15-8-4-5-9-17(15)24-19-12-18(21(27)23-16-10-11-16)25-20(26-19)14-6-2-1-3-7-14/h1-9,12,16H,10-11H2,(H,23,27)(H,24,25,26). The van der Waals surface area contributed by atoms with E-state index in [0.29, 0.717) is 28.6 Å². The number of nitriles is 1. The monoisotopic (exact) mass is 355 g/mol. The summed E-state index contributed by atoms with van der Waals surface area (Å²) < 4.78 is 0. The van der Waals surface area contributed by atoms with E-state index in [1.807, 2.05) is 36.4 Å². The Labute approximate surface area is 156 Å². The quantitative estimate of drug-likeness (QED) is 0.729. The molecule has 0 bridgehead atoms. The fraction of sp³-hybridized carbons (Fsp3) is 0.143. The molecule has 0 radical (unpaired) electrons. The Bertz CT molecular complexity index is 1020. The molecular formula is C21H17N5O. The zero-order valence-corrected chi connectivity index (χ0v) is 14.5. The number of hydrogen-bond donors (Lipinski definition) is 2. The molecule has 27 heavy (non-hydrogen) atoms. The van der Waals surface area contributed by atoms with Gasteiger partial charge in [0.2, 0.25) is 0 Å². The van der Waals surface area contributed by atoms with Gasteiger partial charge in [0.05, 0.1) is 11.3 Å². The molecule has 0 spiro atoms. The minimum absolute atomic E-state index is 0.214. The average Bonchev–Trinajstić information content (AvgIpc) is 3.53. The van der Waals surface area contributed by atoms with Crippen molar-refractivity contribution < 1.29 is 4.79 Å². The van der Waals surface area contributed by atoms with Crippen LogP contribution in [0.3, 0.4) is 0 Å². The van der Waals surface area contributed by atoms with Gasteiger partial charge in [-0.25, -0.2) is 9.97 Å². The highest BCUT2D eigenvalue weighted by molar-refractivity contribution is 5.94. The van der Waals surface area contributed by atoms with Crippen molar-refractivity contribution in [2.45, 2.75) is 18.9 Å². The Kier molecular flexibility index (Phi) is 4.50. The van der Waals surface area contributed by atoms with Gasteiger partial charge in [0.1, 0.15) is 17.6 Å². The van der Waals surface area contributed by atoms with Gasteiger partial charge in [-0.2, -0.15) is 5.26 Å². The van der Waals surface area contributed by atoms with Gasteiger partial charge in [-0.1, -0.05) is 42.5 Å². The predicted octanol–water partition coefficient (Wildman–Crippen LogP) is 3.65. The first kappa shape index (κ1) is 16.7. The molecule has 1 fully saturated rings. The van der Waals surface area contributed by atoms with Crippen LogP contribution in [-0.4, -0.2) is 21.9 Å². The smallest absolute Gasteiger partial charge is 0.270 e. The molecule has 132 valence electrons. The van der Waals surface area contributed by atoms with E-state index in [2.05, 4.69) is 26.7 Å². The van der Waals surface area contributed by atoms with Crippen LogP contribution in [0.4, 0.5) is 11.5 Å². The molecule has 1 aromatic heterocycles. The van der Waals surface area contributed by atoms with Gasteiger partial charge in [0.15, 0.2) is 5.82 Å². The van der Waals surface area contributed by atoms with E-state index < -0.39 is 0 Å². The topological polar surface area (TPSA) is 90.7 Å². The summed E-state index contributed by atoms with van der Waals surface area (Å²) in [5, 5.41) is 15.4. The summed E-state index contributed by atoms with van der Waals surface area (Å²) in [6.45, 7) is 0. The van der Waals surface area contributed by atoms with Crippen molar-refractivity contribution in [1.29, 1.82) is 5.26 Å². The molecule has 2 aromatic carbocycles. The van der Waals surface area contributed by atoms with Crippen molar-refractivity contribution in [2.24, 2.45) is 0 Å². The van der Waals surface area contributed by atoms with E-state index in [1.54, 1.807) is 24.3 Å². The van der Waals surface area contributed by atoms with E-state index in [4.69, 9.17) is 0 Å². The van der Waals surface area contributed by atoms with E-state index in [9.17, 15) is 10.1 Å². The minimum Gasteiger partial charge on any atom is -0.348 e. The van der Waals surface area contributed by atoms with Gasteiger partial charge in [-0.15, -0.1) is 0 Å². The van der Waals surface area contributed by atoms with Crippen LogP contribution in [0.2, 0.25) is 0 Å². The normalized spacial score (nSPS) is 12.9. The molecular weight excluding hydrogens is 338 g/mol. The Morgan fingerprint density at radius 2 is 1.78 bits per heavy atom. The van der Waals surface area contributed by atoms with Gasteiger partial charge in [0.25, 0.3) is 5.91 Å². The Morgan fingerprint density at radius 1 is 1.04 bits per heavy atom. The summed E-state index contributed by atoms with van der Waals surface area (Å²) in [5.41, 5.74) is 2.25. The summed E-state index contributed by atoms with van der Waals surface area (Å²) in [6.07, 6.45) is 2.01. The molecule has 1 amide bonds. The summed E-state index contributed by atoms with van der Waals surface area (Å²) >= 11 is 0. The summed E-state index contributed by atoms with van der Waals surface area (Å²) in [4.78, 5) is 21.5. The second kappa shape index (κ2) is 7.26. The number of benzene rings is 2. The first-order valence-electron chi connectivity index (χ1n) is 8.74. The van der Waals surface area contributed by atoms with Gasteiger partial charge >= 0.3 is 0 Å². The summed E-state index contributed by atoms with van der Waals surface area (Å²) in [5.74, 6) is 0.706. The number of carbonyl (C=O) groups excluding carboxylic acids is 1. The molecule has 1 saturated carbocycles. The lowest BCUT2D eigenvalue weighted by Gasteiger charge is -2.11. The van der Waals surface area contributed by atoms with Gasteiger partial charge in [-0.3, -0.25) is 4.79 Å². The van der Waals surface area contributed by atoms with E-state index in [0.717, 1.165) is 18.4 Å². The number of hydrogen-bond acceptors (Lipinski definition) is 5. The Morgan fingerprint density at radius 3 is 2.52 bits per heavy atom. The molecule has 0 atom stereocenters. The number of carbonyl (C=O) groups is 1. The minimum atomic E-state index is -0.214. The van der Waals surface area contributed by atoms with Crippen LogP contribution in [-0.2, 0) is 0 Å². The number of rotatable bonds is 5. The Hall–Kier alpha value is -3.72. The number of anilines is 2. The largest absolute Gasteiger partial charge is 0.348 e. The third-order valence-corrected chi connectivity index (χ3v) is 4.21. The van der Waals surface area contributed by atoms with Gasteiger partial charge in [0, 0.05) is 17.7 Å². The van der Waals surface area contributed by atoms with E-state index in [-0.39, 0.29) is 11.9 Å². The maximum Gasteiger partial charge on any atom is 0.270 e. The lowest BCUT2D eigenvalue weighted by Crippen LogP contribution is -2.26. The van der Waals surface area contributed by atoms with Crippen molar-refractivity contribution in [3.05, 3.63) is 71.9 Å². The molecule has 2 N–H and O–H groups in total. The number of nitrogens with one attached hydrogen (secondary N) is 2. The third-order valence-electron chi connectivity index (χ3n) is 4.21. The van der Waals surface area contributed by atoms with Crippen LogP contribution < -0.4 is 10.6 Å². The lowest BCUT2D eigenvalue weighted by molar-refractivity contribution is 0.0946. The van der Waals surface area contributed by atoms with Crippen molar-refractivity contribution in [1.82, 2.24) is 15.3 Å². The lowest BCUT2D eigenvalue weighted by atomic mass is 10.2. The van der Waals surface area contributed by atoms with E-state index in [1.165, 1.54) is 0 Å². The average molecular weight is 355 g/mol. The predicted molar refractivity (Wildman–Crippen MR) is 102 cm³/mol. The third kappa shape index (κ3) is 3.93. The summed E-state index contributed by atoms with van der Waals surface area (Å²) in [7, 11) is 0. The highest BCUT2D eigenvalue weighted by Gasteiger charge is 2.25. The zero-order valence-electron chi connectivity index (χ0n) is 14.5. The molecule has 1 aliphatic carbocycles. The highest BCUT2D eigenvalue weighted by atomic mass is 16.2. The van der Waals surface area contributed by atoms with Crippen LogP contribution in [0.1, 0.15) is 28.9 Å². The molecule has 0 saturated heterocycles. The maximum atomic E-state index is 12.5. The van der Waals surface area contributed by atoms with E-state index >= 15 is 0 Å². The molecule has 1 aliphatic rings. The van der Waals surface area contributed by atoms with Crippen LogP contribution in [0, 0.1) is 11.3 Å². The number of aromatic nitrogens is 2. The number of nitrogens with zero attached hydrogens (tertiary/aromatic N) is 3. The Balaban J connectivity index is 1.73. The van der Waals surface area contributed by atoms with Crippen molar-refractivity contribution in [2.75, 3.05) is 5.32 Å².